The summed E-state index contributed by atoms with van der Waals surface area (Å²) in [6.45, 7) is 10.7. The van der Waals surface area contributed by atoms with Gasteiger partial charge in [0, 0.05) is 5.69 Å². The zero-order valence-corrected chi connectivity index (χ0v) is 26.0. The van der Waals surface area contributed by atoms with Crippen LogP contribution in [0.25, 0.3) is 11.1 Å². The molecule has 2 aliphatic rings. The number of rotatable bonds is 13. The van der Waals surface area contributed by atoms with Crippen molar-refractivity contribution in [1.29, 1.82) is 5.41 Å². The van der Waals surface area contributed by atoms with Crippen LogP contribution in [0.3, 0.4) is 0 Å². The Morgan fingerprint density at radius 2 is 1.52 bits per heavy atom. The van der Waals surface area contributed by atoms with Crippen LogP contribution in [0.5, 0.6) is 0 Å². The lowest BCUT2D eigenvalue weighted by molar-refractivity contribution is 0.562. The Bertz CT molecular complexity index is 1250. The van der Waals surface area contributed by atoms with Gasteiger partial charge in [-0.15, -0.1) is 0 Å². The summed E-state index contributed by atoms with van der Waals surface area (Å²) in [4.78, 5) is 0. The zero-order valence-electron chi connectivity index (χ0n) is 25.1. The summed E-state index contributed by atoms with van der Waals surface area (Å²) in [6, 6.07) is 12.8. The molecule has 3 N–H and O–H groups in total. The number of benzene rings is 2. The van der Waals surface area contributed by atoms with E-state index in [1.165, 1.54) is 103 Å². The number of allylic oxidation sites excluding steroid dienone is 6. The SMILES string of the molecule is C=C(C)c1ccc(CCS)c(C2=C3C=CC(=N)C=C3Cc3cc(N)ccc32)c1.CCCCCCCCCCCC. The van der Waals surface area contributed by atoms with E-state index in [2.05, 4.69) is 69.5 Å². The van der Waals surface area contributed by atoms with Gasteiger partial charge in [-0.05, 0) is 100 Å². The van der Waals surface area contributed by atoms with Crippen molar-refractivity contribution >= 4 is 35.2 Å². The van der Waals surface area contributed by atoms with Crippen LogP contribution in [0.1, 0.15) is 113 Å². The Labute approximate surface area is 249 Å². The summed E-state index contributed by atoms with van der Waals surface area (Å²) >= 11 is 4.48. The van der Waals surface area contributed by atoms with Gasteiger partial charge in [-0.25, -0.2) is 0 Å². The molecule has 4 rings (SSSR count). The van der Waals surface area contributed by atoms with E-state index in [0.29, 0.717) is 5.71 Å². The monoisotopic (exact) mass is 554 g/mol. The average molecular weight is 555 g/mol. The molecule has 0 saturated carbocycles. The largest absolute Gasteiger partial charge is 0.399 e. The molecule has 0 aromatic heterocycles. The van der Waals surface area contributed by atoms with E-state index in [9.17, 15) is 0 Å². The first-order chi connectivity index (χ1) is 19.4. The number of hydrogen-bond acceptors (Lipinski definition) is 3. The molecule has 0 unspecified atom stereocenters. The molecule has 40 heavy (non-hydrogen) atoms. The van der Waals surface area contributed by atoms with E-state index in [4.69, 9.17) is 11.1 Å². The number of fused-ring (bicyclic) bond motifs is 2. The lowest BCUT2D eigenvalue weighted by atomic mass is 9.76. The van der Waals surface area contributed by atoms with Gasteiger partial charge in [-0.3, -0.25) is 0 Å². The molecule has 0 saturated heterocycles. The first kappa shape index (κ1) is 31.7. The topological polar surface area (TPSA) is 49.9 Å². The Hall–Kier alpha value is -2.78. The number of nitrogen functional groups attached to an aromatic ring is 1. The lowest BCUT2D eigenvalue weighted by Crippen LogP contribution is -2.13. The fourth-order valence-corrected chi connectivity index (χ4v) is 5.84. The molecule has 0 heterocycles. The third kappa shape index (κ3) is 8.86. The molecule has 0 spiro atoms. The minimum absolute atomic E-state index is 0.539. The van der Waals surface area contributed by atoms with Gasteiger partial charge in [0.15, 0.2) is 0 Å². The molecule has 0 aliphatic heterocycles. The zero-order chi connectivity index (χ0) is 28.9. The predicted octanol–water partition coefficient (Wildman–Crippen LogP) is 10.6. The Morgan fingerprint density at radius 3 is 2.12 bits per heavy atom. The number of unbranched alkanes of at least 4 members (excludes halogenated alkanes) is 9. The van der Waals surface area contributed by atoms with Crippen molar-refractivity contribution in [2.45, 2.75) is 97.8 Å². The summed E-state index contributed by atoms with van der Waals surface area (Å²) in [6.07, 6.45) is 22.1. The van der Waals surface area contributed by atoms with Gasteiger partial charge >= 0.3 is 0 Å². The van der Waals surface area contributed by atoms with Crippen LogP contribution in [0, 0.1) is 5.41 Å². The van der Waals surface area contributed by atoms with Gasteiger partial charge in [-0.1, -0.05) is 114 Å². The number of nitrogens with one attached hydrogen (secondary N) is 1. The second kappa shape index (κ2) is 16.5. The summed E-state index contributed by atoms with van der Waals surface area (Å²) < 4.78 is 0. The second-order valence-corrected chi connectivity index (χ2v) is 11.7. The smallest absolute Gasteiger partial charge is 0.0543 e. The van der Waals surface area contributed by atoms with Gasteiger partial charge in [0.1, 0.15) is 0 Å². The van der Waals surface area contributed by atoms with Crippen molar-refractivity contribution in [2.75, 3.05) is 11.5 Å². The van der Waals surface area contributed by atoms with Crippen molar-refractivity contribution in [2.24, 2.45) is 0 Å². The molecule has 0 fully saturated rings. The maximum atomic E-state index is 8.07. The molecule has 2 nitrogen and oxygen atoms in total. The minimum Gasteiger partial charge on any atom is -0.399 e. The first-order valence-electron chi connectivity index (χ1n) is 15.4. The van der Waals surface area contributed by atoms with Crippen LogP contribution in [0.15, 0.2) is 72.4 Å². The summed E-state index contributed by atoms with van der Waals surface area (Å²) in [5, 5.41) is 8.07. The lowest BCUT2D eigenvalue weighted by Gasteiger charge is -2.28. The van der Waals surface area contributed by atoms with Gasteiger partial charge in [0.25, 0.3) is 0 Å². The molecule has 214 valence electrons. The van der Waals surface area contributed by atoms with E-state index in [1.807, 2.05) is 25.1 Å². The van der Waals surface area contributed by atoms with E-state index in [-0.39, 0.29) is 0 Å². The summed E-state index contributed by atoms with van der Waals surface area (Å²) in [5.74, 6) is 0.791. The molecule has 3 heteroatoms. The molecule has 2 aromatic carbocycles. The molecule has 2 aromatic rings. The molecule has 0 amide bonds. The highest BCUT2D eigenvalue weighted by molar-refractivity contribution is 7.80. The van der Waals surface area contributed by atoms with E-state index in [1.54, 1.807) is 0 Å². The fourth-order valence-electron chi connectivity index (χ4n) is 5.60. The van der Waals surface area contributed by atoms with E-state index < -0.39 is 0 Å². The standard InChI is InChI=1S/C25H24N2S.C12H26/c1-15(2)17-4-3-16(9-10-28)24(14-17)25-22-7-5-20(26)12-18(22)11-19-13-21(27)6-8-23(19)25;1-3-5-7-9-11-12-10-8-6-4-2/h3-8,12-14,26,28H,1,9-11,27H2,2H3;3-12H2,1-2H3. The summed E-state index contributed by atoms with van der Waals surface area (Å²) in [7, 11) is 0. The van der Waals surface area contributed by atoms with Gasteiger partial charge in [-0.2, -0.15) is 12.6 Å². The van der Waals surface area contributed by atoms with E-state index in [0.717, 1.165) is 35.4 Å². The number of thiol groups is 1. The van der Waals surface area contributed by atoms with Crippen LogP contribution in [-0.2, 0) is 12.8 Å². The van der Waals surface area contributed by atoms with Gasteiger partial charge in [0.05, 0.1) is 5.71 Å². The number of aryl methyl sites for hydroxylation is 1. The van der Waals surface area contributed by atoms with E-state index >= 15 is 0 Å². The molecule has 0 atom stereocenters. The van der Waals surface area contributed by atoms with Crippen molar-refractivity contribution in [3.63, 3.8) is 0 Å². The van der Waals surface area contributed by atoms with Crippen LogP contribution in [-0.4, -0.2) is 11.5 Å². The Balaban J connectivity index is 0.000000312. The minimum atomic E-state index is 0.539. The average Bonchev–Trinajstić information content (AvgIpc) is 2.94. The van der Waals surface area contributed by atoms with Crippen molar-refractivity contribution < 1.29 is 0 Å². The highest BCUT2D eigenvalue weighted by Crippen LogP contribution is 2.42. The highest BCUT2D eigenvalue weighted by atomic mass is 32.1. The van der Waals surface area contributed by atoms with Gasteiger partial charge in [0.2, 0.25) is 0 Å². The van der Waals surface area contributed by atoms with Crippen molar-refractivity contribution in [3.8, 4) is 0 Å². The third-order valence-corrected chi connectivity index (χ3v) is 8.09. The van der Waals surface area contributed by atoms with Crippen LogP contribution >= 0.6 is 12.6 Å². The summed E-state index contributed by atoms with van der Waals surface area (Å²) in [5.41, 5.74) is 18.1. The molecule has 0 radical (unpaired) electrons. The first-order valence-corrected chi connectivity index (χ1v) is 16.0. The number of hydrogen-bond donors (Lipinski definition) is 3. The van der Waals surface area contributed by atoms with Crippen LogP contribution in [0.2, 0.25) is 0 Å². The fraction of sp³-hybridized carbons (Fsp3) is 0.432. The Kier molecular flexibility index (Phi) is 13.1. The highest BCUT2D eigenvalue weighted by Gasteiger charge is 2.26. The Morgan fingerprint density at radius 1 is 0.875 bits per heavy atom. The number of anilines is 1. The molecular weight excluding hydrogens is 504 g/mol. The van der Waals surface area contributed by atoms with Crippen LogP contribution < -0.4 is 5.73 Å². The van der Waals surface area contributed by atoms with Crippen LogP contribution in [0.4, 0.5) is 5.69 Å². The molecular formula is C37H50N2S. The van der Waals surface area contributed by atoms with Crippen molar-refractivity contribution in [1.82, 2.24) is 0 Å². The van der Waals surface area contributed by atoms with Crippen molar-refractivity contribution in [3.05, 3.63) is 100 Å². The second-order valence-electron chi connectivity index (χ2n) is 11.3. The maximum Gasteiger partial charge on any atom is 0.0543 e. The maximum absolute atomic E-state index is 8.07. The number of nitrogens with two attached hydrogens (primary N) is 1. The quantitative estimate of drug-likeness (QED) is 0.129. The molecule has 0 bridgehead atoms. The molecule has 2 aliphatic carbocycles. The third-order valence-electron chi connectivity index (χ3n) is 7.86. The van der Waals surface area contributed by atoms with Gasteiger partial charge < -0.3 is 11.1 Å². The predicted molar refractivity (Wildman–Crippen MR) is 182 cm³/mol. The normalized spacial score (nSPS) is 13.8.